The van der Waals surface area contributed by atoms with Crippen LogP contribution in [0.3, 0.4) is 0 Å². The summed E-state index contributed by atoms with van der Waals surface area (Å²) in [6.07, 6.45) is 1.06. The van der Waals surface area contributed by atoms with Crippen molar-refractivity contribution in [3.63, 3.8) is 0 Å². The summed E-state index contributed by atoms with van der Waals surface area (Å²) < 4.78 is 5.44. The van der Waals surface area contributed by atoms with Gasteiger partial charge in [0.15, 0.2) is 0 Å². The van der Waals surface area contributed by atoms with Crippen LogP contribution in [-0.2, 0) is 6.42 Å². The molecule has 1 saturated heterocycles. The molecule has 1 N–H and O–H groups in total. The minimum Gasteiger partial charge on any atom is -0.495 e. The molecule has 0 spiro atoms. The van der Waals surface area contributed by atoms with Crippen molar-refractivity contribution in [2.24, 2.45) is 0 Å². The van der Waals surface area contributed by atoms with Crippen LogP contribution >= 0.6 is 11.6 Å². The first-order valence-corrected chi connectivity index (χ1v) is 7.69. The van der Waals surface area contributed by atoms with Gasteiger partial charge in [0.25, 0.3) is 0 Å². The second-order valence-corrected chi connectivity index (χ2v) is 5.92. The monoisotopic (exact) mass is 296 g/mol. The van der Waals surface area contributed by atoms with Gasteiger partial charge in [-0.1, -0.05) is 11.6 Å². The average Bonchev–Trinajstić information content (AvgIpc) is 2.47. The maximum atomic E-state index is 6.45. The number of hydrogen-bond donors (Lipinski definition) is 1. The minimum absolute atomic E-state index is 0.769. The van der Waals surface area contributed by atoms with E-state index in [4.69, 9.17) is 16.3 Å². The fourth-order valence-corrected chi connectivity index (χ4v) is 3.30. The molecule has 0 atom stereocenters. The third kappa shape index (κ3) is 3.11. The van der Waals surface area contributed by atoms with Crippen molar-refractivity contribution >= 4 is 11.6 Å². The van der Waals surface area contributed by atoms with Gasteiger partial charge < -0.3 is 15.0 Å². The van der Waals surface area contributed by atoms with Gasteiger partial charge >= 0.3 is 0 Å². The maximum absolute atomic E-state index is 6.45. The second kappa shape index (κ2) is 6.79. The lowest BCUT2D eigenvalue weighted by Gasteiger charge is -2.28. The lowest BCUT2D eigenvalue weighted by Crippen LogP contribution is -2.44. The van der Waals surface area contributed by atoms with Crippen molar-refractivity contribution in [3.8, 4) is 5.75 Å². The highest BCUT2D eigenvalue weighted by Gasteiger charge is 2.17. The van der Waals surface area contributed by atoms with E-state index in [0.29, 0.717) is 0 Å². The zero-order chi connectivity index (χ0) is 14.7. The lowest BCUT2D eigenvalue weighted by molar-refractivity contribution is 0.243. The highest BCUT2D eigenvalue weighted by molar-refractivity contribution is 6.33. The van der Waals surface area contributed by atoms with E-state index in [2.05, 4.69) is 31.0 Å². The molecule has 0 aromatic heterocycles. The summed E-state index contributed by atoms with van der Waals surface area (Å²) in [4.78, 5) is 2.52. The Bertz CT molecular complexity index is 453. The molecular weight excluding hydrogens is 272 g/mol. The maximum Gasteiger partial charge on any atom is 0.140 e. The molecule has 0 bridgehead atoms. The Morgan fingerprint density at radius 3 is 2.35 bits per heavy atom. The Morgan fingerprint density at radius 2 is 1.75 bits per heavy atom. The van der Waals surface area contributed by atoms with Gasteiger partial charge in [-0.25, -0.2) is 0 Å². The molecule has 20 heavy (non-hydrogen) atoms. The van der Waals surface area contributed by atoms with Gasteiger partial charge in [0, 0.05) is 32.7 Å². The fraction of sp³-hybridized carbons (Fsp3) is 0.625. The average molecular weight is 297 g/mol. The summed E-state index contributed by atoms with van der Waals surface area (Å²) in [6.45, 7) is 11.9. The number of methoxy groups -OCH3 is 1. The zero-order valence-electron chi connectivity index (χ0n) is 13.0. The van der Waals surface area contributed by atoms with Crippen molar-refractivity contribution in [1.82, 2.24) is 10.2 Å². The molecule has 1 heterocycles. The molecule has 1 aliphatic rings. The number of piperazine rings is 1. The Morgan fingerprint density at radius 1 is 1.10 bits per heavy atom. The Labute approximate surface area is 127 Å². The number of rotatable bonds is 4. The van der Waals surface area contributed by atoms with Crippen LogP contribution in [0.15, 0.2) is 0 Å². The summed E-state index contributed by atoms with van der Waals surface area (Å²) in [6, 6.07) is 0. The summed E-state index contributed by atoms with van der Waals surface area (Å²) in [5, 5.41) is 4.16. The summed E-state index contributed by atoms with van der Waals surface area (Å²) in [5.74, 6) is 0.826. The van der Waals surface area contributed by atoms with Crippen LogP contribution in [0.5, 0.6) is 5.75 Å². The van der Waals surface area contributed by atoms with E-state index < -0.39 is 0 Å². The van der Waals surface area contributed by atoms with Crippen molar-refractivity contribution in [2.75, 3.05) is 39.8 Å². The zero-order valence-corrected chi connectivity index (χ0v) is 13.7. The number of ether oxygens (including phenoxy) is 1. The second-order valence-electron chi connectivity index (χ2n) is 5.54. The topological polar surface area (TPSA) is 24.5 Å². The van der Waals surface area contributed by atoms with E-state index in [1.807, 2.05) is 0 Å². The first kappa shape index (κ1) is 15.6. The number of benzene rings is 1. The predicted molar refractivity (Wildman–Crippen MR) is 85.2 cm³/mol. The molecule has 0 aliphatic carbocycles. The molecule has 2 rings (SSSR count). The summed E-state index contributed by atoms with van der Waals surface area (Å²) in [5.41, 5.74) is 5.03. The summed E-state index contributed by atoms with van der Waals surface area (Å²) in [7, 11) is 1.69. The molecular formula is C16H25ClN2O. The smallest absolute Gasteiger partial charge is 0.140 e. The highest BCUT2D eigenvalue weighted by atomic mass is 35.5. The van der Waals surface area contributed by atoms with Crippen LogP contribution < -0.4 is 10.1 Å². The number of nitrogens with zero attached hydrogens (tertiary/aromatic N) is 1. The van der Waals surface area contributed by atoms with Crippen molar-refractivity contribution in [3.05, 3.63) is 27.3 Å². The molecule has 1 aromatic rings. The van der Waals surface area contributed by atoms with Crippen molar-refractivity contribution in [2.45, 2.75) is 27.2 Å². The van der Waals surface area contributed by atoms with E-state index in [0.717, 1.165) is 49.9 Å². The van der Waals surface area contributed by atoms with Gasteiger partial charge in [0.1, 0.15) is 5.75 Å². The molecule has 112 valence electrons. The van der Waals surface area contributed by atoms with Gasteiger partial charge in [0.2, 0.25) is 0 Å². The Kier molecular flexibility index (Phi) is 5.30. The SMILES string of the molecule is COc1c(C)c(C)c(CCN2CCNCC2)c(C)c1Cl. The van der Waals surface area contributed by atoms with Crippen LogP contribution in [0.1, 0.15) is 22.3 Å². The number of halogens is 1. The predicted octanol–water partition coefficient (Wildman–Crippen LogP) is 2.72. The van der Waals surface area contributed by atoms with Gasteiger partial charge in [-0.15, -0.1) is 0 Å². The molecule has 0 radical (unpaired) electrons. The Balaban J connectivity index is 2.18. The molecule has 0 amide bonds. The quantitative estimate of drug-likeness (QED) is 0.924. The summed E-state index contributed by atoms with van der Waals surface area (Å²) >= 11 is 6.45. The van der Waals surface area contributed by atoms with E-state index in [-0.39, 0.29) is 0 Å². The molecule has 0 unspecified atom stereocenters. The van der Waals surface area contributed by atoms with Crippen molar-refractivity contribution in [1.29, 1.82) is 0 Å². The molecule has 1 aromatic carbocycles. The first-order valence-electron chi connectivity index (χ1n) is 7.31. The van der Waals surface area contributed by atoms with Crippen LogP contribution in [0.2, 0.25) is 5.02 Å². The lowest BCUT2D eigenvalue weighted by atomic mass is 9.94. The first-order chi connectivity index (χ1) is 9.56. The molecule has 1 aliphatic heterocycles. The van der Waals surface area contributed by atoms with Gasteiger partial charge in [-0.2, -0.15) is 0 Å². The third-order valence-corrected chi connectivity index (χ3v) is 4.88. The highest BCUT2D eigenvalue weighted by Crippen LogP contribution is 2.36. The minimum atomic E-state index is 0.769. The standard InChI is InChI=1S/C16H25ClN2O/c1-11-12(2)16(20-4)15(17)13(3)14(11)5-8-19-9-6-18-7-10-19/h18H,5-10H2,1-4H3. The van der Waals surface area contributed by atoms with Gasteiger partial charge in [0.05, 0.1) is 12.1 Å². The molecule has 3 nitrogen and oxygen atoms in total. The van der Waals surface area contributed by atoms with E-state index in [9.17, 15) is 0 Å². The van der Waals surface area contributed by atoms with Crippen LogP contribution in [-0.4, -0.2) is 44.7 Å². The molecule has 4 heteroatoms. The van der Waals surface area contributed by atoms with Crippen LogP contribution in [0.4, 0.5) is 0 Å². The fourth-order valence-electron chi connectivity index (χ4n) is 2.97. The molecule has 0 saturated carbocycles. The normalized spacial score (nSPS) is 16.4. The van der Waals surface area contributed by atoms with Crippen LogP contribution in [0, 0.1) is 20.8 Å². The van der Waals surface area contributed by atoms with E-state index in [1.165, 1.54) is 22.3 Å². The number of nitrogens with one attached hydrogen (secondary N) is 1. The van der Waals surface area contributed by atoms with E-state index in [1.54, 1.807) is 7.11 Å². The molecule has 1 fully saturated rings. The Hall–Kier alpha value is -0.770. The largest absolute Gasteiger partial charge is 0.495 e. The third-order valence-electron chi connectivity index (χ3n) is 4.43. The van der Waals surface area contributed by atoms with Gasteiger partial charge in [-0.05, 0) is 49.4 Å². The van der Waals surface area contributed by atoms with Crippen LogP contribution in [0.25, 0.3) is 0 Å². The van der Waals surface area contributed by atoms with E-state index >= 15 is 0 Å². The number of hydrogen-bond acceptors (Lipinski definition) is 3. The van der Waals surface area contributed by atoms with Crippen molar-refractivity contribution < 1.29 is 4.74 Å². The van der Waals surface area contributed by atoms with Gasteiger partial charge in [-0.3, -0.25) is 0 Å².